The van der Waals surface area contributed by atoms with Crippen molar-refractivity contribution in [1.29, 1.82) is 0 Å². The van der Waals surface area contributed by atoms with Crippen molar-refractivity contribution in [2.75, 3.05) is 47.4 Å². The summed E-state index contributed by atoms with van der Waals surface area (Å²) in [4.78, 5) is 46.0. The molecule has 2 N–H and O–H groups in total. The first-order chi connectivity index (χ1) is 19.2. The standard InChI is InChI=1S/C31H34ClN5O3/c1-21-19-29(37(22(2)38)26-13-9-24(32)10-14-26)27-5-3-4-6-28(27)36(21)31(40)23-7-11-25(12-8-23)35-17-15-34(16-18-35)20-30(33)39/h3-14,21,29H,15-20H2,1-2H3,(H2,33,39). The zero-order valence-corrected chi connectivity index (χ0v) is 23.6. The molecule has 0 spiro atoms. The molecule has 0 radical (unpaired) electrons. The highest BCUT2D eigenvalue weighted by molar-refractivity contribution is 6.30. The Labute approximate surface area is 239 Å². The Bertz CT molecular complexity index is 1390. The molecule has 1 saturated heterocycles. The Hall–Kier alpha value is -3.88. The lowest BCUT2D eigenvalue weighted by atomic mass is 9.89. The van der Waals surface area contributed by atoms with Gasteiger partial charge < -0.3 is 20.4 Å². The molecule has 0 saturated carbocycles. The lowest BCUT2D eigenvalue weighted by Crippen LogP contribution is -2.49. The number of nitrogens with zero attached hydrogens (tertiary/aromatic N) is 4. The number of amides is 3. The number of halogens is 1. The summed E-state index contributed by atoms with van der Waals surface area (Å²) in [5.41, 5.74) is 9.50. The third-order valence-corrected chi connectivity index (χ3v) is 8.02. The van der Waals surface area contributed by atoms with Crippen LogP contribution in [0.25, 0.3) is 0 Å². The van der Waals surface area contributed by atoms with Gasteiger partial charge in [0.2, 0.25) is 11.8 Å². The fourth-order valence-corrected chi connectivity index (χ4v) is 5.98. The number of hydrogen-bond donors (Lipinski definition) is 1. The molecule has 208 valence electrons. The molecule has 8 nitrogen and oxygen atoms in total. The largest absolute Gasteiger partial charge is 0.369 e. The van der Waals surface area contributed by atoms with Gasteiger partial charge in [0.05, 0.1) is 12.6 Å². The minimum Gasteiger partial charge on any atom is -0.369 e. The van der Waals surface area contributed by atoms with Crippen LogP contribution in [0.4, 0.5) is 17.1 Å². The van der Waals surface area contributed by atoms with E-state index in [1.807, 2.05) is 72.5 Å². The van der Waals surface area contributed by atoms with Crippen molar-refractivity contribution >= 4 is 46.4 Å². The molecule has 5 rings (SSSR count). The molecular weight excluding hydrogens is 526 g/mol. The highest BCUT2D eigenvalue weighted by Gasteiger charge is 2.38. The van der Waals surface area contributed by atoms with Crippen molar-refractivity contribution in [3.05, 3.63) is 88.9 Å². The molecule has 0 aromatic heterocycles. The molecule has 3 aromatic rings. The van der Waals surface area contributed by atoms with Crippen molar-refractivity contribution in [3.8, 4) is 0 Å². The summed E-state index contributed by atoms with van der Waals surface area (Å²) in [5.74, 6) is -0.452. The second-order valence-corrected chi connectivity index (χ2v) is 10.9. The first kappa shape index (κ1) is 27.7. The van der Waals surface area contributed by atoms with Crippen molar-refractivity contribution in [2.45, 2.75) is 32.4 Å². The van der Waals surface area contributed by atoms with E-state index in [2.05, 4.69) is 9.80 Å². The number of nitrogens with two attached hydrogens (primary N) is 1. The van der Waals surface area contributed by atoms with Crippen LogP contribution in [-0.2, 0) is 9.59 Å². The van der Waals surface area contributed by atoms with E-state index < -0.39 is 0 Å². The maximum absolute atomic E-state index is 13.9. The average Bonchev–Trinajstić information content (AvgIpc) is 2.94. The molecule has 3 amide bonds. The van der Waals surface area contributed by atoms with E-state index in [4.69, 9.17) is 17.3 Å². The maximum atomic E-state index is 13.9. The predicted molar refractivity (Wildman–Crippen MR) is 159 cm³/mol. The smallest absolute Gasteiger partial charge is 0.258 e. The van der Waals surface area contributed by atoms with Gasteiger partial charge >= 0.3 is 0 Å². The number of para-hydroxylation sites is 1. The van der Waals surface area contributed by atoms with Crippen LogP contribution in [-0.4, -0.2) is 61.4 Å². The van der Waals surface area contributed by atoms with Crippen molar-refractivity contribution in [1.82, 2.24) is 4.90 Å². The third kappa shape index (κ3) is 5.69. The normalized spacial score (nSPS) is 19.2. The monoisotopic (exact) mass is 559 g/mol. The summed E-state index contributed by atoms with van der Waals surface area (Å²) in [5, 5.41) is 0.609. The van der Waals surface area contributed by atoms with Crippen LogP contribution in [0.5, 0.6) is 0 Å². The molecule has 2 aliphatic rings. The topological polar surface area (TPSA) is 90.2 Å². The van der Waals surface area contributed by atoms with Gasteiger partial charge in [0.25, 0.3) is 5.91 Å². The van der Waals surface area contributed by atoms with Crippen LogP contribution in [0.1, 0.15) is 42.2 Å². The summed E-state index contributed by atoms with van der Waals surface area (Å²) >= 11 is 6.11. The van der Waals surface area contributed by atoms with E-state index >= 15 is 0 Å². The Kier molecular flexibility index (Phi) is 8.09. The minimum atomic E-state index is -0.310. The highest BCUT2D eigenvalue weighted by Crippen LogP contribution is 2.43. The van der Waals surface area contributed by atoms with Crippen molar-refractivity contribution in [3.63, 3.8) is 0 Å². The summed E-state index contributed by atoms with van der Waals surface area (Å²) in [7, 11) is 0. The van der Waals surface area contributed by atoms with Gasteiger partial charge in [0.1, 0.15) is 0 Å². The quantitative estimate of drug-likeness (QED) is 0.481. The molecule has 40 heavy (non-hydrogen) atoms. The Morgan fingerprint density at radius 1 is 0.925 bits per heavy atom. The second kappa shape index (κ2) is 11.7. The van der Waals surface area contributed by atoms with Crippen molar-refractivity contribution in [2.24, 2.45) is 5.73 Å². The van der Waals surface area contributed by atoms with Crippen LogP contribution in [0.15, 0.2) is 72.8 Å². The van der Waals surface area contributed by atoms with Gasteiger partial charge in [0.15, 0.2) is 0 Å². The molecule has 0 aliphatic carbocycles. The summed E-state index contributed by atoms with van der Waals surface area (Å²) in [6, 6.07) is 22.5. The molecular formula is C31H34ClN5O3. The summed E-state index contributed by atoms with van der Waals surface area (Å²) in [6.07, 6.45) is 0.596. The number of hydrogen-bond acceptors (Lipinski definition) is 5. The van der Waals surface area contributed by atoms with Gasteiger partial charge in [0, 0.05) is 66.8 Å². The number of carbonyl (C=O) groups is 3. The average molecular weight is 560 g/mol. The van der Waals surface area contributed by atoms with Gasteiger partial charge in [-0.1, -0.05) is 29.8 Å². The number of carbonyl (C=O) groups excluding carboxylic acids is 3. The second-order valence-electron chi connectivity index (χ2n) is 10.5. The number of anilines is 3. The Balaban J connectivity index is 1.37. The molecule has 1 fully saturated rings. The van der Waals surface area contributed by atoms with E-state index in [-0.39, 0.29) is 36.3 Å². The van der Waals surface area contributed by atoms with Crippen LogP contribution in [0, 0.1) is 0 Å². The fourth-order valence-electron chi connectivity index (χ4n) is 5.86. The third-order valence-electron chi connectivity index (χ3n) is 7.77. The van der Waals surface area contributed by atoms with Gasteiger partial charge in [-0.3, -0.25) is 19.3 Å². The van der Waals surface area contributed by atoms with E-state index in [0.29, 0.717) is 17.0 Å². The molecule has 2 heterocycles. The van der Waals surface area contributed by atoms with Crippen molar-refractivity contribution < 1.29 is 14.4 Å². The molecule has 2 unspecified atom stereocenters. The highest BCUT2D eigenvalue weighted by atomic mass is 35.5. The molecule has 9 heteroatoms. The minimum absolute atomic E-state index is 0.0693. The molecule has 2 aliphatic heterocycles. The van der Waals surface area contributed by atoms with Gasteiger partial charge in [-0.15, -0.1) is 0 Å². The zero-order valence-electron chi connectivity index (χ0n) is 22.8. The van der Waals surface area contributed by atoms with E-state index in [1.54, 1.807) is 24.0 Å². The van der Waals surface area contributed by atoms with Crippen LogP contribution >= 0.6 is 11.6 Å². The Morgan fingerprint density at radius 2 is 1.57 bits per heavy atom. The van der Waals surface area contributed by atoms with Crippen LogP contribution in [0.2, 0.25) is 5.02 Å². The van der Waals surface area contributed by atoms with E-state index in [1.165, 1.54) is 0 Å². The molecule has 2 atom stereocenters. The SMILES string of the molecule is CC(=O)N(c1ccc(Cl)cc1)C1CC(C)N(C(=O)c2ccc(N3CCN(CC(N)=O)CC3)cc2)c2ccccc21. The first-order valence-electron chi connectivity index (χ1n) is 13.6. The fraction of sp³-hybridized carbons (Fsp3) is 0.323. The number of fused-ring (bicyclic) bond motifs is 1. The summed E-state index contributed by atoms with van der Waals surface area (Å²) < 4.78 is 0. The van der Waals surface area contributed by atoms with E-state index in [0.717, 1.165) is 48.8 Å². The van der Waals surface area contributed by atoms with Crippen LogP contribution < -0.4 is 20.4 Å². The number of piperazine rings is 1. The van der Waals surface area contributed by atoms with Gasteiger partial charge in [-0.25, -0.2) is 0 Å². The number of benzene rings is 3. The maximum Gasteiger partial charge on any atom is 0.258 e. The lowest BCUT2D eigenvalue weighted by Gasteiger charge is -2.43. The van der Waals surface area contributed by atoms with Gasteiger partial charge in [-0.05, 0) is 73.5 Å². The zero-order chi connectivity index (χ0) is 28.4. The number of primary amides is 1. The van der Waals surface area contributed by atoms with E-state index in [9.17, 15) is 14.4 Å². The first-order valence-corrected chi connectivity index (χ1v) is 13.9. The van der Waals surface area contributed by atoms with Crippen LogP contribution in [0.3, 0.4) is 0 Å². The van der Waals surface area contributed by atoms with Gasteiger partial charge in [-0.2, -0.15) is 0 Å². The molecule has 0 bridgehead atoms. The molecule has 3 aromatic carbocycles. The Morgan fingerprint density at radius 3 is 2.20 bits per heavy atom. The predicted octanol–water partition coefficient (Wildman–Crippen LogP) is 4.48. The lowest BCUT2D eigenvalue weighted by molar-refractivity contribution is -0.119. The summed E-state index contributed by atoms with van der Waals surface area (Å²) in [6.45, 7) is 6.99. The number of rotatable bonds is 6.